The minimum atomic E-state index is -4.45. The number of anilines is 1. The number of fused-ring (bicyclic) bond motifs is 1. The van der Waals surface area contributed by atoms with E-state index in [0.29, 0.717) is 31.2 Å². The van der Waals surface area contributed by atoms with Gasteiger partial charge in [0.2, 0.25) is 11.9 Å². The quantitative estimate of drug-likeness (QED) is 0.618. The molecular formula is C19H22F3N7O. The van der Waals surface area contributed by atoms with Crippen molar-refractivity contribution in [3.63, 3.8) is 0 Å². The van der Waals surface area contributed by atoms with Crippen LogP contribution in [0, 0.1) is 5.92 Å². The number of alkyl halides is 3. The molecule has 4 heterocycles. The highest BCUT2D eigenvalue weighted by atomic mass is 19.4. The van der Waals surface area contributed by atoms with Crippen LogP contribution in [0.4, 0.5) is 19.1 Å². The molecule has 1 fully saturated rings. The summed E-state index contributed by atoms with van der Waals surface area (Å²) in [5.41, 5.74) is -0.428. The Hall–Kier alpha value is -3.11. The van der Waals surface area contributed by atoms with Crippen LogP contribution in [-0.4, -0.2) is 49.9 Å². The molecule has 11 heteroatoms. The molecule has 0 aromatic carbocycles. The molecule has 0 spiro atoms. The number of carbonyl (C=O) groups excluding carboxylic acids is 1. The van der Waals surface area contributed by atoms with Gasteiger partial charge in [0.25, 0.3) is 0 Å². The number of nitrogens with one attached hydrogen (secondary N) is 1. The lowest BCUT2D eigenvalue weighted by Gasteiger charge is -2.32. The van der Waals surface area contributed by atoms with Gasteiger partial charge >= 0.3 is 6.18 Å². The lowest BCUT2D eigenvalue weighted by atomic mass is 9.97. The summed E-state index contributed by atoms with van der Waals surface area (Å²) in [5, 5.41) is 15.1. The zero-order chi connectivity index (χ0) is 21.1. The first-order valence-corrected chi connectivity index (χ1v) is 9.84. The average Bonchev–Trinajstić information content (AvgIpc) is 3.39. The molecule has 1 saturated heterocycles. The molecule has 160 valence electrons. The molecule has 1 atom stereocenters. The first kappa shape index (κ1) is 20.2. The third kappa shape index (κ3) is 4.39. The molecule has 1 aliphatic rings. The Labute approximate surface area is 170 Å². The lowest BCUT2D eigenvalue weighted by Crippen LogP contribution is -2.44. The van der Waals surface area contributed by atoms with Crippen LogP contribution >= 0.6 is 0 Å². The van der Waals surface area contributed by atoms with E-state index in [-0.39, 0.29) is 11.8 Å². The maximum absolute atomic E-state index is 13.1. The van der Waals surface area contributed by atoms with Gasteiger partial charge in [-0.15, -0.1) is 10.2 Å². The highest BCUT2D eigenvalue weighted by molar-refractivity contribution is 5.79. The molecule has 1 aliphatic heterocycles. The van der Waals surface area contributed by atoms with Gasteiger partial charge in [0.15, 0.2) is 5.65 Å². The zero-order valence-electron chi connectivity index (χ0n) is 16.2. The van der Waals surface area contributed by atoms with Crippen molar-refractivity contribution in [3.8, 4) is 0 Å². The van der Waals surface area contributed by atoms with Crippen molar-refractivity contribution in [2.24, 2.45) is 5.92 Å². The van der Waals surface area contributed by atoms with Gasteiger partial charge in [-0.2, -0.15) is 18.3 Å². The van der Waals surface area contributed by atoms with Gasteiger partial charge in [-0.05, 0) is 37.5 Å². The fraction of sp³-hybridized carbons (Fsp3) is 0.474. The van der Waals surface area contributed by atoms with Crippen molar-refractivity contribution < 1.29 is 18.0 Å². The highest BCUT2D eigenvalue weighted by Gasteiger charge is 2.32. The first-order chi connectivity index (χ1) is 14.4. The number of nitrogens with zero attached hydrogens (tertiary/aromatic N) is 6. The number of aromatic nitrogens is 5. The maximum atomic E-state index is 13.1. The standard InChI is InChI=1S/C19H22F3N7O/c20-19(21,22)15-5-6-16-25-26-18(29(16)13-15)27-9-1-4-14(12-27)17(30)23-7-2-10-28-11-3-8-24-28/h3,5-6,8,11,13-14H,1-2,4,7,9-10,12H2,(H,23,30). The van der Waals surface area contributed by atoms with Gasteiger partial charge in [-0.3, -0.25) is 13.9 Å². The molecule has 0 aliphatic carbocycles. The second-order valence-corrected chi connectivity index (χ2v) is 7.34. The number of amides is 1. The van der Waals surface area contributed by atoms with Crippen molar-refractivity contribution in [3.05, 3.63) is 42.4 Å². The summed E-state index contributed by atoms with van der Waals surface area (Å²) >= 11 is 0. The zero-order valence-corrected chi connectivity index (χ0v) is 16.2. The molecule has 30 heavy (non-hydrogen) atoms. The van der Waals surface area contributed by atoms with Crippen molar-refractivity contribution in [1.29, 1.82) is 0 Å². The fourth-order valence-electron chi connectivity index (χ4n) is 3.66. The van der Waals surface area contributed by atoms with E-state index in [4.69, 9.17) is 0 Å². The number of halogens is 3. The van der Waals surface area contributed by atoms with Gasteiger partial charge in [0.05, 0.1) is 11.5 Å². The molecule has 3 aromatic heterocycles. The summed E-state index contributed by atoms with van der Waals surface area (Å²) in [6, 6.07) is 4.14. The van der Waals surface area contributed by atoms with Crippen LogP contribution in [0.15, 0.2) is 36.8 Å². The number of pyridine rings is 1. The van der Waals surface area contributed by atoms with Gasteiger partial charge in [-0.25, -0.2) is 0 Å². The molecule has 1 amide bonds. The van der Waals surface area contributed by atoms with Crippen molar-refractivity contribution in [2.75, 3.05) is 24.5 Å². The number of hydrogen-bond donors (Lipinski definition) is 1. The Kier molecular flexibility index (Phi) is 5.60. The second kappa shape index (κ2) is 8.33. The van der Waals surface area contributed by atoms with E-state index in [1.165, 1.54) is 10.5 Å². The number of piperidine rings is 1. The number of hydrogen-bond acceptors (Lipinski definition) is 5. The summed E-state index contributed by atoms with van der Waals surface area (Å²) in [4.78, 5) is 14.4. The third-order valence-corrected chi connectivity index (χ3v) is 5.21. The number of carbonyl (C=O) groups is 1. The van der Waals surface area contributed by atoms with E-state index >= 15 is 0 Å². The molecule has 1 unspecified atom stereocenters. The Bertz CT molecular complexity index is 999. The Morgan fingerprint density at radius 3 is 2.90 bits per heavy atom. The van der Waals surface area contributed by atoms with E-state index < -0.39 is 11.7 Å². The Morgan fingerprint density at radius 1 is 1.27 bits per heavy atom. The molecule has 1 N–H and O–H groups in total. The first-order valence-electron chi connectivity index (χ1n) is 9.84. The van der Waals surface area contributed by atoms with Crippen LogP contribution in [0.25, 0.3) is 5.65 Å². The molecule has 0 radical (unpaired) electrons. The van der Waals surface area contributed by atoms with E-state index in [1.807, 2.05) is 17.2 Å². The molecular weight excluding hydrogens is 399 g/mol. The summed E-state index contributed by atoms with van der Waals surface area (Å²) in [6.45, 7) is 2.26. The van der Waals surface area contributed by atoms with Crippen molar-refractivity contribution in [1.82, 2.24) is 29.7 Å². The number of rotatable bonds is 6. The van der Waals surface area contributed by atoms with E-state index in [1.54, 1.807) is 10.9 Å². The van der Waals surface area contributed by atoms with Crippen LogP contribution in [-0.2, 0) is 17.5 Å². The lowest BCUT2D eigenvalue weighted by molar-refractivity contribution is -0.137. The summed E-state index contributed by atoms with van der Waals surface area (Å²) in [5.74, 6) is 0.0267. The summed E-state index contributed by atoms with van der Waals surface area (Å²) in [6.07, 6.45) is 2.37. The number of aryl methyl sites for hydroxylation is 1. The van der Waals surface area contributed by atoms with E-state index in [2.05, 4.69) is 20.6 Å². The van der Waals surface area contributed by atoms with Crippen LogP contribution in [0.2, 0.25) is 0 Å². The minimum Gasteiger partial charge on any atom is -0.356 e. The van der Waals surface area contributed by atoms with Crippen molar-refractivity contribution >= 4 is 17.5 Å². The van der Waals surface area contributed by atoms with Crippen LogP contribution in [0.1, 0.15) is 24.8 Å². The Morgan fingerprint density at radius 2 is 2.13 bits per heavy atom. The topological polar surface area (TPSA) is 80.3 Å². The maximum Gasteiger partial charge on any atom is 0.417 e. The van der Waals surface area contributed by atoms with Gasteiger partial charge in [0, 0.05) is 44.8 Å². The molecule has 8 nitrogen and oxygen atoms in total. The highest BCUT2D eigenvalue weighted by Crippen LogP contribution is 2.30. The monoisotopic (exact) mass is 421 g/mol. The van der Waals surface area contributed by atoms with Crippen LogP contribution in [0.5, 0.6) is 0 Å². The normalized spacial score (nSPS) is 17.4. The van der Waals surface area contributed by atoms with E-state index in [9.17, 15) is 18.0 Å². The summed E-state index contributed by atoms with van der Waals surface area (Å²) in [7, 11) is 0. The molecule has 4 rings (SSSR count). The minimum absolute atomic E-state index is 0.0510. The van der Waals surface area contributed by atoms with Crippen LogP contribution < -0.4 is 10.2 Å². The predicted octanol–water partition coefficient (Wildman–Crippen LogP) is 2.37. The molecule has 0 saturated carbocycles. The SMILES string of the molecule is O=C(NCCCn1cccn1)C1CCCN(c2nnc3ccc(C(F)(F)F)cn23)C1. The van der Waals surface area contributed by atoms with Crippen molar-refractivity contribution in [2.45, 2.75) is 32.0 Å². The summed E-state index contributed by atoms with van der Waals surface area (Å²) < 4.78 is 42.4. The largest absolute Gasteiger partial charge is 0.417 e. The van der Waals surface area contributed by atoms with Gasteiger partial charge in [-0.1, -0.05) is 0 Å². The Balaban J connectivity index is 1.39. The van der Waals surface area contributed by atoms with E-state index in [0.717, 1.165) is 38.1 Å². The van der Waals surface area contributed by atoms with Gasteiger partial charge in [0.1, 0.15) is 0 Å². The average molecular weight is 421 g/mol. The molecule has 3 aromatic rings. The molecule has 0 bridgehead atoms. The van der Waals surface area contributed by atoms with Gasteiger partial charge < -0.3 is 10.2 Å². The third-order valence-electron chi connectivity index (χ3n) is 5.21. The smallest absolute Gasteiger partial charge is 0.356 e. The fourth-order valence-corrected chi connectivity index (χ4v) is 3.66. The second-order valence-electron chi connectivity index (χ2n) is 7.34. The predicted molar refractivity (Wildman–Crippen MR) is 103 cm³/mol. The van der Waals surface area contributed by atoms with Crippen LogP contribution in [0.3, 0.4) is 0 Å².